The Kier molecular flexibility index (Phi) is 7.08. The SMILES string of the molecule is COC1=CC(=O)c2c(Sc3cc(C)ccn3)cccc2C1=O.COS(=O)(=O)O. The van der Waals surface area contributed by atoms with Crippen molar-refractivity contribution in [2.75, 3.05) is 14.2 Å². The van der Waals surface area contributed by atoms with Gasteiger partial charge in [-0.15, -0.1) is 0 Å². The van der Waals surface area contributed by atoms with E-state index in [1.807, 2.05) is 25.1 Å². The van der Waals surface area contributed by atoms with E-state index >= 15 is 0 Å². The molecule has 0 fully saturated rings. The minimum absolute atomic E-state index is 0.0772. The summed E-state index contributed by atoms with van der Waals surface area (Å²) in [6, 6.07) is 9.09. The predicted molar refractivity (Wildman–Crippen MR) is 102 cm³/mol. The van der Waals surface area contributed by atoms with Gasteiger partial charge in [0.05, 0.1) is 14.2 Å². The highest BCUT2D eigenvalue weighted by Crippen LogP contribution is 2.34. The van der Waals surface area contributed by atoms with E-state index in [-0.39, 0.29) is 17.3 Å². The van der Waals surface area contributed by atoms with Gasteiger partial charge in [0, 0.05) is 28.3 Å². The van der Waals surface area contributed by atoms with Gasteiger partial charge in [-0.3, -0.25) is 18.3 Å². The number of carbonyl (C=O) groups excluding carboxylic acids is 2. The van der Waals surface area contributed by atoms with Crippen molar-refractivity contribution in [3.8, 4) is 0 Å². The van der Waals surface area contributed by atoms with Crippen molar-refractivity contribution in [3.05, 3.63) is 65.1 Å². The Morgan fingerprint density at radius 2 is 1.82 bits per heavy atom. The zero-order chi connectivity index (χ0) is 20.9. The van der Waals surface area contributed by atoms with Gasteiger partial charge >= 0.3 is 10.4 Å². The van der Waals surface area contributed by atoms with Crippen LogP contribution in [0.1, 0.15) is 26.3 Å². The predicted octanol–water partition coefficient (Wildman–Crippen LogP) is 2.89. The molecule has 0 saturated carbocycles. The number of methoxy groups -OCH3 is 1. The highest BCUT2D eigenvalue weighted by Gasteiger charge is 2.28. The average Bonchev–Trinajstić information content (AvgIpc) is 2.64. The number of ketones is 2. The molecule has 0 atom stereocenters. The van der Waals surface area contributed by atoms with Crippen LogP contribution in [0.15, 0.2) is 58.3 Å². The van der Waals surface area contributed by atoms with Crippen molar-refractivity contribution >= 4 is 33.7 Å². The molecule has 1 aliphatic carbocycles. The molecule has 1 heterocycles. The van der Waals surface area contributed by atoms with Crippen molar-refractivity contribution in [2.45, 2.75) is 16.8 Å². The zero-order valence-corrected chi connectivity index (χ0v) is 16.8. The average molecular weight is 423 g/mol. The van der Waals surface area contributed by atoms with Crippen LogP contribution >= 0.6 is 11.8 Å². The third-order valence-electron chi connectivity index (χ3n) is 3.54. The van der Waals surface area contributed by atoms with Gasteiger partial charge < -0.3 is 4.74 Å². The highest BCUT2D eigenvalue weighted by molar-refractivity contribution is 7.99. The summed E-state index contributed by atoms with van der Waals surface area (Å²) in [6.45, 7) is 1.98. The van der Waals surface area contributed by atoms with Crippen LogP contribution in [0.2, 0.25) is 0 Å². The van der Waals surface area contributed by atoms with Gasteiger partial charge in [-0.25, -0.2) is 4.98 Å². The standard InChI is InChI=1S/C17H13NO3S.CH4O4S/c1-10-6-7-18-15(8-10)22-14-5-3-4-11-16(14)12(19)9-13(21-2)17(11)20;1-5-6(2,3)4/h3-9H,1-2H3;1H3,(H,2,3,4). The number of aryl methyl sites for hydroxylation is 1. The fraction of sp³-hybridized carbons (Fsp3) is 0.167. The first-order valence-electron chi connectivity index (χ1n) is 7.77. The normalized spacial score (nSPS) is 13.2. The third-order valence-corrected chi connectivity index (χ3v) is 4.95. The van der Waals surface area contributed by atoms with Crippen molar-refractivity contribution in [2.24, 2.45) is 0 Å². The number of ether oxygens (including phenoxy) is 1. The molecule has 8 nitrogen and oxygen atoms in total. The Bertz CT molecular complexity index is 1050. The summed E-state index contributed by atoms with van der Waals surface area (Å²) < 4.78 is 34.7. The highest BCUT2D eigenvalue weighted by atomic mass is 32.3. The van der Waals surface area contributed by atoms with Crippen LogP contribution in [-0.4, -0.2) is 43.7 Å². The first-order chi connectivity index (χ1) is 13.2. The molecule has 0 aliphatic heterocycles. The maximum absolute atomic E-state index is 12.3. The second-order valence-electron chi connectivity index (χ2n) is 5.45. The maximum Gasteiger partial charge on any atom is 0.397 e. The smallest absolute Gasteiger partial charge is 0.397 e. The molecule has 1 aromatic carbocycles. The fourth-order valence-corrected chi connectivity index (χ4v) is 3.32. The second kappa shape index (κ2) is 9.11. The molecule has 0 amide bonds. The summed E-state index contributed by atoms with van der Waals surface area (Å²) in [7, 11) is -1.91. The quantitative estimate of drug-likeness (QED) is 0.740. The Morgan fingerprint density at radius 3 is 2.39 bits per heavy atom. The molecule has 0 unspecified atom stereocenters. The van der Waals surface area contributed by atoms with E-state index in [1.54, 1.807) is 18.3 Å². The summed E-state index contributed by atoms with van der Waals surface area (Å²) in [4.78, 5) is 29.6. The Labute approximate surface area is 166 Å². The van der Waals surface area contributed by atoms with Gasteiger partial charge in [0.1, 0.15) is 5.03 Å². The molecule has 3 rings (SSSR count). The monoisotopic (exact) mass is 423 g/mol. The number of carbonyl (C=O) groups is 2. The molecule has 0 radical (unpaired) electrons. The number of rotatable bonds is 4. The lowest BCUT2D eigenvalue weighted by molar-refractivity contribution is 0.0915. The first kappa shape index (κ1) is 21.8. The van der Waals surface area contributed by atoms with Gasteiger partial charge in [0.15, 0.2) is 11.5 Å². The maximum atomic E-state index is 12.3. The van der Waals surface area contributed by atoms with E-state index in [9.17, 15) is 18.0 Å². The lowest BCUT2D eigenvalue weighted by Crippen LogP contribution is -2.18. The molecule has 0 saturated heterocycles. The van der Waals surface area contributed by atoms with E-state index in [4.69, 9.17) is 9.29 Å². The number of hydrogen-bond donors (Lipinski definition) is 1. The number of hydrogen-bond acceptors (Lipinski definition) is 8. The molecular formula is C18H17NO7S2. The lowest BCUT2D eigenvalue weighted by atomic mass is 9.93. The van der Waals surface area contributed by atoms with Gasteiger partial charge in [0.2, 0.25) is 5.78 Å². The van der Waals surface area contributed by atoms with E-state index in [2.05, 4.69) is 9.17 Å². The van der Waals surface area contributed by atoms with Crippen LogP contribution in [0.25, 0.3) is 0 Å². The number of pyridine rings is 1. The van der Waals surface area contributed by atoms with Gasteiger partial charge in [0.25, 0.3) is 0 Å². The number of allylic oxidation sites excluding steroid dienone is 2. The minimum atomic E-state index is -4.16. The number of benzene rings is 1. The molecule has 0 spiro atoms. The summed E-state index contributed by atoms with van der Waals surface area (Å²) >= 11 is 1.38. The van der Waals surface area contributed by atoms with Gasteiger partial charge in [-0.05, 0) is 30.7 Å². The van der Waals surface area contributed by atoms with Crippen molar-refractivity contribution in [1.82, 2.24) is 4.98 Å². The summed E-state index contributed by atoms with van der Waals surface area (Å²) in [5.74, 6) is -0.410. The number of aromatic nitrogens is 1. The lowest BCUT2D eigenvalue weighted by Gasteiger charge is -2.16. The van der Waals surface area contributed by atoms with Gasteiger partial charge in [-0.2, -0.15) is 8.42 Å². The van der Waals surface area contributed by atoms with Crippen molar-refractivity contribution < 1.29 is 31.5 Å². The van der Waals surface area contributed by atoms with Crippen LogP contribution < -0.4 is 0 Å². The van der Waals surface area contributed by atoms with Crippen LogP contribution in [-0.2, 0) is 19.3 Å². The molecule has 1 N–H and O–H groups in total. The van der Waals surface area contributed by atoms with Crippen LogP contribution in [0.5, 0.6) is 0 Å². The van der Waals surface area contributed by atoms with Crippen LogP contribution in [0, 0.1) is 6.92 Å². The Balaban J connectivity index is 0.000000409. The molecular weight excluding hydrogens is 406 g/mol. The zero-order valence-electron chi connectivity index (χ0n) is 15.2. The number of Topliss-reactive ketones (excluding diaryl/α,β-unsaturated/α-hetero) is 1. The first-order valence-corrected chi connectivity index (χ1v) is 9.95. The molecule has 28 heavy (non-hydrogen) atoms. The number of nitrogens with zero attached hydrogens (tertiary/aromatic N) is 1. The van der Waals surface area contributed by atoms with Crippen LogP contribution in [0.4, 0.5) is 0 Å². The fourth-order valence-electron chi connectivity index (χ4n) is 2.28. The molecule has 10 heteroatoms. The second-order valence-corrected chi connectivity index (χ2v) is 7.70. The molecule has 1 aliphatic rings. The molecule has 2 aromatic rings. The van der Waals surface area contributed by atoms with Crippen LogP contribution in [0.3, 0.4) is 0 Å². The van der Waals surface area contributed by atoms with E-state index in [0.717, 1.165) is 22.6 Å². The summed E-state index contributed by atoms with van der Waals surface area (Å²) in [5, 5.41) is 0.787. The number of fused-ring (bicyclic) bond motifs is 1. The topological polar surface area (TPSA) is 120 Å². The third kappa shape index (κ3) is 5.49. The molecule has 1 aromatic heterocycles. The Morgan fingerprint density at radius 1 is 1.14 bits per heavy atom. The largest absolute Gasteiger partial charge is 0.492 e. The molecule has 148 valence electrons. The van der Waals surface area contributed by atoms with Crippen molar-refractivity contribution in [1.29, 1.82) is 0 Å². The summed E-state index contributed by atoms with van der Waals surface area (Å²) in [5.41, 5.74) is 1.88. The summed E-state index contributed by atoms with van der Waals surface area (Å²) in [6.07, 6.45) is 2.97. The Hall–Kier alpha value is -2.53. The molecule has 0 bridgehead atoms. The van der Waals surface area contributed by atoms with Gasteiger partial charge in [-0.1, -0.05) is 23.9 Å². The van der Waals surface area contributed by atoms with Crippen molar-refractivity contribution in [3.63, 3.8) is 0 Å². The minimum Gasteiger partial charge on any atom is -0.492 e. The van der Waals surface area contributed by atoms with E-state index in [0.29, 0.717) is 11.1 Å². The van der Waals surface area contributed by atoms with E-state index in [1.165, 1.54) is 24.9 Å². The van der Waals surface area contributed by atoms with E-state index < -0.39 is 10.4 Å².